The lowest BCUT2D eigenvalue weighted by Gasteiger charge is -2.32. The Balaban J connectivity index is 2.17. The lowest BCUT2D eigenvalue weighted by atomic mass is 9.89. The zero-order valence-corrected chi connectivity index (χ0v) is 10.2. The second-order valence-corrected chi connectivity index (χ2v) is 4.51. The molecule has 0 aliphatic carbocycles. The standard InChI is InChI=1S/C13H13N3O3/c1-2-5-16-12(18)15-11(14)13(16)7-19-10-6-8(17)3-4-9(10)13/h2-4,6,17H,1,5,7H2,(H2,14,15,18). The van der Waals surface area contributed by atoms with Crippen molar-refractivity contribution in [3.8, 4) is 11.5 Å². The molecular formula is C13H13N3O3. The van der Waals surface area contributed by atoms with Crippen LogP contribution in [0.15, 0.2) is 35.8 Å². The van der Waals surface area contributed by atoms with Gasteiger partial charge in [-0.25, -0.2) is 4.79 Å². The smallest absolute Gasteiger partial charge is 0.346 e. The number of phenols is 1. The first-order valence-corrected chi connectivity index (χ1v) is 5.83. The maximum Gasteiger partial charge on any atom is 0.346 e. The Morgan fingerprint density at radius 3 is 3.16 bits per heavy atom. The zero-order chi connectivity index (χ0) is 13.6. The topological polar surface area (TPSA) is 88.2 Å². The summed E-state index contributed by atoms with van der Waals surface area (Å²) >= 11 is 0. The molecule has 0 fully saturated rings. The van der Waals surface area contributed by atoms with Gasteiger partial charge in [-0.15, -0.1) is 6.58 Å². The molecule has 3 rings (SSSR count). The number of phenolic OH excluding ortho intramolecular Hbond substituents is 1. The summed E-state index contributed by atoms with van der Waals surface area (Å²) < 4.78 is 5.56. The van der Waals surface area contributed by atoms with Gasteiger partial charge in [-0.05, 0) is 12.1 Å². The van der Waals surface area contributed by atoms with Crippen LogP contribution >= 0.6 is 0 Å². The fraction of sp³-hybridized carbons (Fsp3) is 0.231. The lowest BCUT2D eigenvalue weighted by molar-refractivity contribution is 0.157. The van der Waals surface area contributed by atoms with Crippen LogP contribution in [0.25, 0.3) is 0 Å². The van der Waals surface area contributed by atoms with E-state index in [0.717, 1.165) is 5.56 Å². The summed E-state index contributed by atoms with van der Waals surface area (Å²) in [6, 6.07) is 4.35. The highest BCUT2D eigenvalue weighted by molar-refractivity contribution is 6.07. The summed E-state index contributed by atoms with van der Waals surface area (Å²) in [5.41, 5.74) is 5.80. The quantitative estimate of drug-likeness (QED) is 0.774. The molecule has 2 heterocycles. The Labute approximate surface area is 109 Å². The number of fused-ring (bicyclic) bond motifs is 2. The summed E-state index contributed by atoms with van der Waals surface area (Å²) in [6.07, 6.45) is 1.62. The van der Waals surface area contributed by atoms with Crippen LogP contribution in [-0.2, 0) is 5.54 Å². The van der Waals surface area contributed by atoms with Crippen molar-refractivity contribution in [1.29, 1.82) is 0 Å². The van der Waals surface area contributed by atoms with Crippen molar-refractivity contribution >= 4 is 11.9 Å². The van der Waals surface area contributed by atoms with Crippen LogP contribution in [0.5, 0.6) is 11.5 Å². The van der Waals surface area contributed by atoms with Crippen LogP contribution in [-0.4, -0.2) is 35.0 Å². The van der Waals surface area contributed by atoms with Crippen molar-refractivity contribution in [2.24, 2.45) is 10.7 Å². The second-order valence-electron chi connectivity index (χ2n) is 4.51. The number of ether oxygens (including phenoxy) is 1. The molecule has 0 bridgehead atoms. The molecule has 6 nitrogen and oxygen atoms in total. The van der Waals surface area contributed by atoms with Crippen molar-refractivity contribution in [3.63, 3.8) is 0 Å². The number of carbonyl (C=O) groups is 1. The normalized spacial score (nSPS) is 24.3. The maximum atomic E-state index is 11.9. The average Bonchev–Trinajstić information content (AvgIpc) is 2.85. The Morgan fingerprint density at radius 2 is 2.42 bits per heavy atom. The molecule has 19 heavy (non-hydrogen) atoms. The van der Waals surface area contributed by atoms with E-state index in [1.54, 1.807) is 12.1 Å². The van der Waals surface area contributed by atoms with Crippen LogP contribution in [0.4, 0.5) is 4.79 Å². The summed E-state index contributed by atoms with van der Waals surface area (Å²) in [7, 11) is 0. The number of hydrogen-bond acceptors (Lipinski definition) is 4. The molecule has 6 heteroatoms. The number of carbonyl (C=O) groups excluding carboxylic acids is 1. The van der Waals surface area contributed by atoms with Gasteiger partial charge in [0, 0.05) is 18.2 Å². The monoisotopic (exact) mass is 259 g/mol. The van der Waals surface area contributed by atoms with Crippen LogP contribution < -0.4 is 10.5 Å². The molecule has 1 aromatic rings. The molecule has 0 saturated carbocycles. The van der Waals surface area contributed by atoms with Gasteiger partial charge in [-0.3, -0.25) is 4.90 Å². The third kappa shape index (κ3) is 1.36. The number of hydrogen-bond donors (Lipinski definition) is 2. The molecule has 98 valence electrons. The molecule has 3 N–H and O–H groups in total. The number of nitrogens with two attached hydrogens (primary N) is 1. The largest absolute Gasteiger partial charge is 0.508 e. The summed E-state index contributed by atoms with van der Waals surface area (Å²) in [5, 5.41) is 9.48. The number of urea groups is 1. The first-order valence-electron chi connectivity index (χ1n) is 5.83. The molecular weight excluding hydrogens is 246 g/mol. The van der Waals surface area contributed by atoms with Crippen molar-refractivity contribution in [2.75, 3.05) is 13.2 Å². The van der Waals surface area contributed by atoms with E-state index < -0.39 is 11.6 Å². The van der Waals surface area contributed by atoms with Crippen molar-refractivity contribution in [3.05, 3.63) is 36.4 Å². The van der Waals surface area contributed by atoms with Gasteiger partial charge in [0.1, 0.15) is 23.9 Å². The van der Waals surface area contributed by atoms with Gasteiger partial charge < -0.3 is 15.6 Å². The fourth-order valence-corrected chi connectivity index (χ4v) is 2.59. The van der Waals surface area contributed by atoms with Crippen LogP contribution in [0.1, 0.15) is 5.56 Å². The van der Waals surface area contributed by atoms with Gasteiger partial charge in [0.05, 0.1) is 0 Å². The Hall–Kier alpha value is -2.50. The molecule has 0 saturated heterocycles. The third-order valence-electron chi connectivity index (χ3n) is 3.49. The van der Waals surface area contributed by atoms with Crippen LogP contribution in [0.3, 0.4) is 0 Å². The minimum absolute atomic E-state index is 0.103. The number of amidine groups is 1. The highest BCUT2D eigenvalue weighted by atomic mass is 16.5. The average molecular weight is 259 g/mol. The fourth-order valence-electron chi connectivity index (χ4n) is 2.59. The Bertz CT molecular complexity index is 611. The van der Waals surface area contributed by atoms with Gasteiger partial charge in [-0.2, -0.15) is 4.99 Å². The van der Waals surface area contributed by atoms with Crippen molar-refractivity contribution in [1.82, 2.24) is 4.90 Å². The first-order chi connectivity index (χ1) is 9.09. The van der Waals surface area contributed by atoms with Crippen molar-refractivity contribution < 1.29 is 14.6 Å². The number of aromatic hydroxyl groups is 1. The molecule has 0 aromatic heterocycles. The van der Waals surface area contributed by atoms with Gasteiger partial charge in [0.2, 0.25) is 0 Å². The number of benzene rings is 1. The van der Waals surface area contributed by atoms with E-state index in [4.69, 9.17) is 10.5 Å². The minimum atomic E-state index is -0.881. The van der Waals surface area contributed by atoms with Crippen molar-refractivity contribution in [2.45, 2.75) is 5.54 Å². The Kier molecular flexibility index (Phi) is 2.28. The van der Waals surface area contributed by atoms with Gasteiger partial charge in [0.25, 0.3) is 0 Å². The van der Waals surface area contributed by atoms with E-state index in [2.05, 4.69) is 11.6 Å². The minimum Gasteiger partial charge on any atom is -0.508 e. The van der Waals surface area contributed by atoms with Gasteiger partial charge in [-0.1, -0.05) is 6.08 Å². The maximum absolute atomic E-state index is 11.9. The van der Waals surface area contributed by atoms with E-state index in [-0.39, 0.29) is 18.2 Å². The summed E-state index contributed by atoms with van der Waals surface area (Å²) in [5.74, 6) is 0.830. The van der Waals surface area contributed by atoms with E-state index in [9.17, 15) is 9.90 Å². The van der Waals surface area contributed by atoms with E-state index in [1.165, 1.54) is 17.0 Å². The van der Waals surface area contributed by atoms with E-state index in [1.807, 2.05) is 0 Å². The Morgan fingerprint density at radius 1 is 1.63 bits per heavy atom. The molecule has 1 atom stereocenters. The number of aliphatic imine (C=N–C) groups is 1. The first kappa shape index (κ1) is 11.6. The highest BCUT2D eigenvalue weighted by Gasteiger charge is 2.54. The number of amides is 2. The zero-order valence-electron chi connectivity index (χ0n) is 10.2. The molecule has 2 aliphatic rings. The van der Waals surface area contributed by atoms with Gasteiger partial charge >= 0.3 is 6.03 Å². The predicted molar refractivity (Wildman–Crippen MR) is 69.2 cm³/mol. The van der Waals surface area contributed by atoms with Gasteiger partial charge in [0.15, 0.2) is 5.54 Å². The second kappa shape index (κ2) is 3.74. The van der Waals surface area contributed by atoms with Crippen LogP contribution in [0, 0.1) is 0 Å². The predicted octanol–water partition coefficient (Wildman–Crippen LogP) is 0.959. The molecule has 2 amide bonds. The number of nitrogens with zero attached hydrogens (tertiary/aromatic N) is 2. The SMILES string of the molecule is C=CCN1C(=O)N=C(N)C12COc1cc(O)ccc12. The lowest BCUT2D eigenvalue weighted by Crippen LogP contribution is -2.52. The van der Waals surface area contributed by atoms with Crippen LogP contribution in [0.2, 0.25) is 0 Å². The third-order valence-corrected chi connectivity index (χ3v) is 3.49. The van der Waals surface area contributed by atoms with E-state index >= 15 is 0 Å². The van der Waals surface area contributed by atoms with E-state index in [0.29, 0.717) is 12.3 Å². The summed E-state index contributed by atoms with van der Waals surface area (Å²) in [6.45, 7) is 4.16. The molecule has 0 radical (unpaired) electrons. The summed E-state index contributed by atoms with van der Waals surface area (Å²) in [4.78, 5) is 17.3. The molecule has 1 aromatic carbocycles. The number of rotatable bonds is 2. The molecule has 1 spiro atoms. The highest BCUT2D eigenvalue weighted by Crippen LogP contribution is 2.45. The molecule has 2 aliphatic heterocycles. The molecule has 1 unspecified atom stereocenters.